The lowest BCUT2D eigenvalue weighted by Gasteiger charge is -2.50. The van der Waals surface area contributed by atoms with Crippen molar-refractivity contribution >= 4 is 5.78 Å². The SMILES string of the molecule is CC1C(=O)CCN(C2(C)CCOCC2)C1C. The van der Waals surface area contributed by atoms with Gasteiger partial charge in [-0.25, -0.2) is 0 Å². The van der Waals surface area contributed by atoms with Gasteiger partial charge in [-0.05, 0) is 26.7 Å². The molecule has 0 aromatic rings. The maximum absolute atomic E-state index is 11.7. The molecule has 2 saturated heterocycles. The van der Waals surface area contributed by atoms with E-state index in [1.54, 1.807) is 0 Å². The van der Waals surface area contributed by atoms with Crippen LogP contribution in [-0.2, 0) is 9.53 Å². The average Bonchev–Trinajstić information content (AvgIpc) is 2.27. The minimum absolute atomic E-state index is 0.188. The molecule has 0 amide bonds. The van der Waals surface area contributed by atoms with Gasteiger partial charge in [0.25, 0.3) is 0 Å². The second kappa shape index (κ2) is 4.46. The molecule has 0 aromatic carbocycles. The van der Waals surface area contributed by atoms with E-state index in [-0.39, 0.29) is 11.5 Å². The fourth-order valence-corrected chi connectivity index (χ4v) is 3.06. The van der Waals surface area contributed by atoms with Crippen molar-refractivity contribution in [1.82, 2.24) is 4.90 Å². The van der Waals surface area contributed by atoms with Crippen LogP contribution in [0.4, 0.5) is 0 Å². The third kappa shape index (κ3) is 2.03. The number of hydrogen-bond acceptors (Lipinski definition) is 3. The fourth-order valence-electron chi connectivity index (χ4n) is 3.06. The molecule has 2 fully saturated rings. The first-order valence-corrected chi connectivity index (χ1v) is 6.42. The molecular weight excluding hydrogens is 202 g/mol. The Kier molecular flexibility index (Phi) is 3.36. The van der Waals surface area contributed by atoms with Crippen LogP contribution in [0.5, 0.6) is 0 Å². The van der Waals surface area contributed by atoms with E-state index in [1.807, 2.05) is 0 Å². The summed E-state index contributed by atoms with van der Waals surface area (Å²) in [5, 5.41) is 0. The van der Waals surface area contributed by atoms with E-state index in [0.29, 0.717) is 11.8 Å². The standard InChI is InChI=1S/C13H23NO2/c1-10-11(2)14(7-4-12(10)15)13(3)5-8-16-9-6-13/h10-11H,4-9H2,1-3H3. The first kappa shape index (κ1) is 12.1. The lowest BCUT2D eigenvalue weighted by atomic mass is 9.82. The third-order valence-electron chi connectivity index (χ3n) is 4.59. The summed E-state index contributed by atoms with van der Waals surface area (Å²) < 4.78 is 5.45. The number of Topliss-reactive ketones (excluding diaryl/α,β-unsaturated/α-hetero) is 1. The Morgan fingerprint density at radius 1 is 1.31 bits per heavy atom. The van der Waals surface area contributed by atoms with Crippen LogP contribution in [0.1, 0.15) is 40.0 Å². The van der Waals surface area contributed by atoms with Crippen LogP contribution in [0.3, 0.4) is 0 Å². The summed E-state index contributed by atoms with van der Waals surface area (Å²) in [5.41, 5.74) is 0.243. The summed E-state index contributed by atoms with van der Waals surface area (Å²) in [6.07, 6.45) is 2.92. The monoisotopic (exact) mass is 225 g/mol. The zero-order chi connectivity index (χ0) is 11.8. The van der Waals surface area contributed by atoms with Crippen molar-refractivity contribution in [1.29, 1.82) is 0 Å². The molecule has 0 bridgehead atoms. The summed E-state index contributed by atoms with van der Waals surface area (Å²) in [7, 11) is 0. The van der Waals surface area contributed by atoms with Gasteiger partial charge in [0.1, 0.15) is 5.78 Å². The molecule has 0 saturated carbocycles. The molecule has 0 spiro atoms. The molecule has 2 heterocycles. The number of ketones is 1. The number of ether oxygens (including phenoxy) is 1. The molecule has 2 aliphatic rings. The molecule has 92 valence electrons. The maximum Gasteiger partial charge on any atom is 0.138 e. The molecule has 2 atom stereocenters. The zero-order valence-corrected chi connectivity index (χ0v) is 10.7. The van der Waals surface area contributed by atoms with Crippen molar-refractivity contribution < 1.29 is 9.53 Å². The maximum atomic E-state index is 11.7. The highest BCUT2D eigenvalue weighted by Crippen LogP contribution is 2.34. The number of piperidine rings is 1. The molecule has 16 heavy (non-hydrogen) atoms. The smallest absolute Gasteiger partial charge is 0.138 e. The average molecular weight is 225 g/mol. The van der Waals surface area contributed by atoms with E-state index in [2.05, 4.69) is 25.7 Å². The van der Waals surface area contributed by atoms with Gasteiger partial charge in [-0.15, -0.1) is 0 Å². The van der Waals surface area contributed by atoms with Gasteiger partial charge >= 0.3 is 0 Å². The van der Waals surface area contributed by atoms with Crippen molar-refractivity contribution in [2.75, 3.05) is 19.8 Å². The van der Waals surface area contributed by atoms with Crippen LogP contribution in [0, 0.1) is 5.92 Å². The van der Waals surface area contributed by atoms with Crippen molar-refractivity contribution in [2.45, 2.75) is 51.6 Å². The first-order valence-electron chi connectivity index (χ1n) is 6.42. The van der Waals surface area contributed by atoms with Crippen molar-refractivity contribution in [3.63, 3.8) is 0 Å². The predicted octanol–water partition coefficient (Wildman–Crippen LogP) is 1.85. The highest BCUT2D eigenvalue weighted by atomic mass is 16.5. The van der Waals surface area contributed by atoms with Crippen molar-refractivity contribution in [3.8, 4) is 0 Å². The molecule has 2 rings (SSSR count). The second-order valence-electron chi connectivity index (χ2n) is 5.55. The largest absolute Gasteiger partial charge is 0.381 e. The molecule has 2 unspecified atom stereocenters. The van der Waals surface area contributed by atoms with Crippen LogP contribution < -0.4 is 0 Å². The number of carbonyl (C=O) groups is 1. The van der Waals surface area contributed by atoms with Gasteiger partial charge in [-0.2, -0.15) is 0 Å². The van der Waals surface area contributed by atoms with Crippen LogP contribution >= 0.6 is 0 Å². The highest BCUT2D eigenvalue weighted by Gasteiger charge is 2.41. The van der Waals surface area contributed by atoms with Crippen LogP contribution in [-0.4, -0.2) is 42.0 Å². The van der Waals surface area contributed by atoms with E-state index < -0.39 is 0 Å². The lowest BCUT2D eigenvalue weighted by molar-refractivity contribution is -0.133. The fraction of sp³-hybridized carbons (Fsp3) is 0.923. The molecule has 0 radical (unpaired) electrons. The van der Waals surface area contributed by atoms with Gasteiger partial charge in [-0.3, -0.25) is 9.69 Å². The Hall–Kier alpha value is -0.410. The van der Waals surface area contributed by atoms with Gasteiger partial charge < -0.3 is 4.74 Å². The van der Waals surface area contributed by atoms with Crippen molar-refractivity contribution in [3.05, 3.63) is 0 Å². The molecule has 0 N–H and O–H groups in total. The van der Waals surface area contributed by atoms with Gasteiger partial charge in [0, 0.05) is 43.7 Å². The van der Waals surface area contributed by atoms with E-state index in [9.17, 15) is 4.79 Å². The first-order chi connectivity index (χ1) is 7.54. The summed E-state index contributed by atoms with van der Waals surface area (Å²) in [4.78, 5) is 14.2. The Bertz CT molecular complexity index is 271. The van der Waals surface area contributed by atoms with E-state index >= 15 is 0 Å². The van der Waals surface area contributed by atoms with Crippen LogP contribution in [0.2, 0.25) is 0 Å². The molecular formula is C13H23NO2. The zero-order valence-electron chi connectivity index (χ0n) is 10.7. The molecule has 3 nitrogen and oxygen atoms in total. The van der Waals surface area contributed by atoms with Crippen LogP contribution in [0.15, 0.2) is 0 Å². The Morgan fingerprint density at radius 3 is 2.56 bits per heavy atom. The van der Waals surface area contributed by atoms with E-state index in [4.69, 9.17) is 4.74 Å². The number of nitrogens with zero attached hydrogens (tertiary/aromatic N) is 1. The highest BCUT2D eigenvalue weighted by molar-refractivity contribution is 5.82. The Morgan fingerprint density at radius 2 is 1.94 bits per heavy atom. The summed E-state index contributed by atoms with van der Waals surface area (Å²) in [6, 6.07) is 0.379. The van der Waals surface area contributed by atoms with Gasteiger partial charge in [0.2, 0.25) is 0 Å². The normalized spacial score (nSPS) is 36.3. The molecule has 2 aliphatic heterocycles. The summed E-state index contributed by atoms with van der Waals surface area (Å²) >= 11 is 0. The quantitative estimate of drug-likeness (QED) is 0.682. The summed E-state index contributed by atoms with van der Waals surface area (Å²) in [6.45, 7) is 9.25. The minimum Gasteiger partial charge on any atom is -0.381 e. The number of carbonyl (C=O) groups excluding carboxylic acids is 1. The van der Waals surface area contributed by atoms with E-state index in [1.165, 1.54) is 0 Å². The molecule has 0 aromatic heterocycles. The third-order valence-corrected chi connectivity index (χ3v) is 4.59. The number of rotatable bonds is 1. The molecule has 3 heteroatoms. The Balaban J connectivity index is 2.11. The number of hydrogen-bond donors (Lipinski definition) is 0. The van der Waals surface area contributed by atoms with Gasteiger partial charge in [0.15, 0.2) is 0 Å². The predicted molar refractivity (Wildman–Crippen MR) is 63.4 cm³/mol. The van der Waals surface area contributed by atoms with Crippen LogP contribution in [0.25, 0.3) is 0 Å². The minimum atomic E-state index is 0.188. The van der Waals surface area contributed by atoms with Crippen molar-refractivity contribution in [2.24, 2.45) is 5.92 Å². The van der Waals surface area contributed by atoms with Gasteiger partial charge in [0.05, 0.1) is 0 Å². The second-order valence-corrected chi connectivity index (χ2v) is 5.55. The van der Waals surface area contributed by atoms with Gasteiger partial charge in [-0.1, -0.05) is 6.92 Å². The topological polar surface area (TPSA) is 29.5 Å². The van der Waals surface area contributed by atoms with E-state index in [0.717, 1.165) is 39.0 Å². The Labute approximate surface area is 98.1 Å². The number of likely N-dealkylation sites (tertiary alicyclic amines) is 1. The summed E-state index contributed by atoms with van der Waals surface area (Å²) in [5.74, 6) is 0.618. The molecule has 0 aliphatic carbocycles. The lowest BCUT2D eigenvalue weighted by Crippen LogP contribution is -2.59.